The summed E-state index contributed by atoms with van der Waals surface area (Å²) in [4.78, 5) is 0. The van der Waals surface area contributed by atoms with Crippen molar-refractivity contribution in [1.82, 2.24) is 20.2 Å². The molecule has 0 saturated carbocycles. The SMILES string of the molecule is Cc1ccc(-n2nnnc2S[C@@H](c2ccccc2)c2ccc(Cl)cc2)cc1C. The second kappa shape index (κ2) is 8.17. The van der Waals surface area contributed by atoms with E-state index in [0.717, 1.165) is 21.4 Å². The highest BCUT2D eigenvalue weighted by atomic mass is 35.5. The fraction of sp³-hybridized carbons (Fsp3) is 0.136. The fourth-order valence-electron chi connectivity index (χ4n) is 2.97. The van der Waals surface area contributed by atoms with Crippen LogP contribution in [0.5, 0.6) is 0 Å². The highest BCUT2D eigenvalue weighted by Crippen LogP contribution is 2.40. The molecule has 1 atom stereocenters. The lowest BCUT2D eigenvalue weighted by Gasteiger charge is -2.17. The molecular weight excluding hydrogens is 388 g/mol. The van der Waals surface area contributed by atoms with Crippen LogP contribution in [0.15, 0.2) is 78.0 Å². The molecule has 3 aromatic carbocycles. The molecule has 6 heteroatoms. The molecule has 4 nitrogen and oxygen atoms in total. The standard InChI is InChI=1S/C22H19ClN4S/c1-15-8-13-20(14-16(15)2)27-22(24-25-26-27)28-21(17-6-4-3-5-7-17)18-9-11-19(23)12-10-18/h3-14,21H,1-2H3/t21-/m0/s1. The highest BCUT2D eigenvalue weighted by molar-refractivity contribution is 7.99. The molecule has 28 heavy (non-hydrogen) atoms. The van der Waals surface area contributed by atoms with Gasteiger partial charge in [0.2, 0.25) is 5.16 Å². The zero-order valence-electron chi connectivity index (χ0n) is 15.6. The molecule has 0 spiro atoms. The van der Waals surface area contributed by atoms with E-state index < -0.39 is 0 Å². The molecule has 0 amide bonds. The van der Waals surface area contributed by atoms with Crippen LogP contribution in [-0.2, 0) is 0 Å². The lowest BCUT2D eigenvalue weighted by molar-refractivity contribution is 0.754. The molecule has 0 fully saturated rings. The van der Waals surface area contributed by atoms with Crippen molar-refractivity contribution in [1.29, 1.82) is 0 Å². The van der Waals surface area contributed by atoms with Crippen LogP contribution in [0.3, 0.4) is 0 Å². The number of aryl methyl sites for hydroxylation is 2. The average Bonchev–Trinajstić information content (AvgIpc) is 3.18. The van der Waals surface area contributed by atoms with E-state index in [9.17, 15) is 0 Å². The summed E-state index contributed by atoms with van der Waals surface area (Å²) in [5, 5.41) is 14.0. The Morgan fingerprint density at radius 3 is 2.29 bits per heavy atom. The Hall–Kier alpha value is -2.63. The maximum absolute atomic E-state index is 6.09. The molecular formula is C22H19ClN4S. The molecule has 0 saturated heterocycles. The van der Waals surface area contributed by atoms with Crippen LogP contribution >= 0.6 is 23.4 Å². The maximum atomic E-state index is 6.09. The van der Waals surface area contributed by atoms with Crippen molar-refractivity contribution in [2.24, 2.45) is 0 Å². The number of halogens is 1. The Morgan fingerprint density at radius 1 is 0.857 bits per heavy atom. The van der Waals surface area contributed by atoms with E-state index in [1.807, 2.05) is 36.4 Å². The molecule has 1 heterocycles. The third-order valence-corrected chi connectivity index (χ3v) is 6.17. The van der Waals surface area contributed by atoms with E-state index in [0.29, 0.717) is 0 Å². The van der Waals surface area contributed by atoms with E-state index in [1.54, 1.807) is 16.4 Å². The van der Waals surface area contributed by atoms with Crippen molar-refractivity contribution >= 4 is 23.4 Å². The number of hydrogen-bond donors (Lipinski definition) is 0. The summed E-state index contributed by atoms with van der Waals surface area (Å²) >= 11 is 7.72. The second-order valence-corrected chi connectivity index (χ2v) is 8.11. The lowest BCUT2D eigenvalue weighted by Crippen LogP contribution is -2.03. The number of aromatic nitrogens is 4. The maximum Gasteiger partial charge on any atom is 0.215 e. The van der Waals surface area contributed by atoms with Gasteiger partial charge in [-0.05, 0) is 70.8 Å². The van der Waals surface area contributed by atoms with E-state index in [1.165, 1.54) is 16.7 Å². The highest BCUT2D eigenvalue weighted by Gasteiger charge is 2.20. The lowest BCUT2D eigenvalue weighted by atomic mass is 10.0. The van der Waals surface area contributed by atoms with Gasteiger partial charge in [-0.3, -0.25) is 0 Å². The Morgan fingerprint density at radius 2 is 1.57 bits per heavy atom. The van der Waals surface area contributed by atoms with Crippen LogP contribution in [0, 0.1) is 13.8 Å². The van der Waals surface area contributed by atoms with Gasteiger partial charge in [0.05, 0.1) is 10.9 Å². The first-order valence-corrected chi connectivity index (χ1v) is 10.2. The van der Waals surface area contributed by atoms with Crippen LogP contribution in [0.1, 0.15) is 27.5 Å². The van der Waals surface area contributed by atoms with Crippen molar-refractivity contribution in [2.45, 2.75) is 24.3 Å². The summed E-state index contributed by atoms with van der Waals surface area (Å²) in [5.74, 6) is 0. The van der Waals surface area contributed by atoms with Gasteiger partial charge in [-0.25, -0.2) is 0 Å². The van der Waals surface area contributed by atoms with Gasteiger partial charge >= 0.3 is 0 Å². The minimum Gasteiger partial charge on any atom is -0.187 e. The Labute approximate surface area is 173 Å². The monoisotopic (exact) mass is 406 g/mol. The van der Waals surface area contributed by atoms with Crippen molar-refractivity contribution in [3.05, 3.63) is 100 Å². The van der Waals surface area contributed by atoms with E-state index in [-0.39, 0.29) is 5.25 Å². The van der Waals surface area contributed by atoms with Gasteiger partial charge in [0, 0.05) is 5.02 Å². The number of rotatable bonds is 5. The molecule has 0 unspecified atom stereocenters. The first-order chi connectivity index (χ1) is 13.6. The van der Waals surface area contributed by atoms with Crippen LogP contribution in [0.25, 0.3) is 5.69 Å². The van der Waals surface area contributed by atoms with E-state index >= 15 is 0 Å². The van der Waals surface area contributed by atoms with Gasteiger partial charge in [0.25, 0.3) is 0 Å². The molecule has 0 bridgehead atoms. The largest absolute Gasteiger partial charge is 0.215 e. The first kappa shape index (κ1) is 18.7. The van der Waals surface area contributed by atoms with Crippen LogP contribution in [-0.4, -0.2) is 20.2 Å². The van der Waals surface area contributed by atoms with Crippen LogP contribution in [0.4, 0.5) is 0 Å². The first-order valence-electron chi connectivity index (χ1n) is 8.95. The third kappa shape index (κ3) is 3.96. The number of benzene rings is 3. The normalized spacial score (nSPS) is 12.1. The molecule has 1 aromatic heterocycles. The zero-order chi connectivity index (χ0) is 19.5. The van der Waals surface area contributed by atoms with Gasteiger partial charge in [-0.15, -0.1) is 5.10 Å². The Kier molecular flexibility index (Phi) is 5.46. The summed E-state index contributed by atoms with van der Waals surface area (Å²) in [6.07, 6.45) is 0. The fourth-order valence-corrected chi connectivity index (χ4v) is 4.22. The van der Waals surface area contributed by atoms with Gasteiger partial charge < -0.3 is 0 Å². The second-order valence-electron chi connectivity index (χ2n) is 6.60. The quantitative estimate of drug-likeness (QED) is 0.392. The molecule has 4 rings (SSSR count). The van der Waals surface area contributed by atoms with Crippen LogP contribution < -0.4 is 0 Å². The smallest absolute Gasteiger partial charge is 0.187 e. The zero-order valence-corrected chi connectivity index (χ0v) is 17.2. The number of nitrogens with zero attached hydrogens (tertiary/aromatic N) is 4. The summed E-state index contributed by atoms with van der Waals surface area (Å²) in [6.45, 7) is 4.19. The molecule has 0 radical (unpaired) electrons. The predicted molar refractivity (Wildman–Crippen MR) is 114 cm³/mol. The molecule has 140 valence electrons. The Bertz CT molecular complexity index is 1080. The van der Waals surface area contributed by atoms with Crippen molar-refractivity contribution in [3.63, 3.8) is 0 Å². The third-order valence-electron chi connectivity index (χ3n) is 4.67. The average molecular weight is 407 g/mol. The van der Waals surface area contributed by atoms with Gasteiger partial charge in [-0.2, -0.15) is 4.68 Å². The van der Waals surface area contributed by atoms with Gasteiger partial charge in [0.15, 0.2) is 0 Å². The number of hydrogen-bond acceptors (Lipinski definition) is 4. The number of thioether (sulfide) groups is 1. The summed E-state index contributed by atoms with van der Waals surface area (Å²) < 4.78 is 1.79. The van der Waals surface area contributed by atoms with Crippen LogP contribution in [0.2, 0.25) is 5.02 Å². The van der Waals surface area contributed by atoms with Gasteiger partial charge in [0.1, 0.15) is 0 Å². The summed E-state index contributed by atoms with van der Waals surface area (Å²) in [6, 6.07) is 24.5. The molecule has 0 aliphatic rings. The molecule has 0 aliphatic carbocycles. The van der Waals surface area contributed by atoms with Crippen molar-refractivity contribution in [2.75, 3.05) is 0 Å². The minimum atomic E-state index is 0.0507. The Balaban J connectivity index is 1.73. The van der Waals surface area contributed by atoms with Crippen molar-refractivity contribution < 1.29 is 0 Å². The number of tetrazole rings is 1. The molecule has 0 N–H and O–H groups in total. The minimum absolute atomic E-state index is 0.0507. The van der Waals surface area contributed by atoms with E-state index in [2.05, 4.69) is 65.8 Å². The van der Waals surface area contributed by atoms with E-state index in [4.69, 9.17) is 11.6 Å². The summed E-state index contributed by atoms with van der Waals surface area (Å²) in [7, 11) is 0. The topological polar surface area (TPSA) is 43.6 Å². The van der Waals surface area contributed by atoms with Gasteiger partial charge in [-0.1, -0.05) is 71.9 Å². The van der Waals surface area contributed by atoms with Crippen molar-refractivity contribution in [3.8, 4) is 5.69 Å². The predicted octanol–water partition coefficient (Wildman–Crippen LogP) is 5.81. The summed E-state index contributed by atoms with van der Waals surface area (Å²) in [5.41, 5.74) is 5.74. The molecule has 0 aliphatic heterocycles. The molecule has 4 aromatic rings.